The summed E-state index contributed by atoms with van der Waals surface area (Å²) in [4.78, 5) is 10.8. The average molecular weight is 589 g/mol. The zero-order valence-corrected chi connectivity index (χ0v) is 22.9. The molecule has 0 aliphatic heterocycles. The summed E-state index contributed by atoms with van der Waals surface area (Å²) in [6, 6.07) is 24.3. The van der Waals surface area contributed by atoms with Crippen molar-refractivity contribution >= 4 is 77.5 Å². The van der Waals surface area contributed by atoms with Gasteiger partial charge < -0.3 is 0 Å². The van der Waals surface area contributed by atoms with Crippen molar-refractivity contribution in [3.8, 4) is 0 Å². The van der Waals surface area contributed by atoms with E-state index in [1.165, 1.54) is 15.9 Å². The fraction of sp³-hybridized carbons (Fsp3) is 0.269. The first-order valence-electron chi connectivity index (χ1n) is 11.0. The molecule has 0 radical (unpaired) electrons. The summed E-state index contributed by atoms with van der Waals surface area (Å²) in [7, 11) is 0. The van der Waals surface area contributed by atoms with E-state index in [9.17, 15) is 4.79 Å². The van der Waals surface area contributed by atoms with Gasteiger partial charge in [0, 0.05) is 0 Å². The number of carboxylic acids is 1. The summed E-state index contributed by atoms with van der Waals surface area (Å²) in [6.07, 6.45) is 5.82. The zero-order chi connectivity index (χ0) is 23.9. The monoisotopic (exact) mass is 586 g/mol. The van der Waals surface area contributed by atoms with Crippen molar-refractivity contribution in [3.63, 3.8) is 0 Å². The van der Waals surface area contributed by atoms with E-state index in [4.69, 9.17) is 39.9 Å². The van der Waals surface area contributed by atoms with E-state index in [1.807, 2.05) is 36.4 Å². The normalized spacial score (nSPS) is 12.8. The zero-order valence-electron chi connectivity index (χ0n) is 18.2. The molecule has 0 saturated heterocycles. The van der Waals surface area contributed by atoms with Crippen LogP contribution in [0.2, 0.25) is 15.1 Å². The Bertz CT molecular complexity index is 957. The molecule has 0 fully saturated rings. The molecule has 0 aliphatic carbocycles. The second kappa shape index (κ2) is 11.6. The molecule has 0 spiro atoms. The molecule has 0 saturated carbocycles. The molecule has 3 aromatic carbocycles. The van der Waals surface area contributed by atoms with Crippen molar-refractivity contribution in [2.45, 2.75) is 38.5 Å². The molecule has 0 amide bonds. The molecule has 0 unspecified atom stereocenters. The number of benzene rings is 3. The van der Waals surface area contributed by atoms with Gasteiger partial charge in [0.15, 0.2) is 0 Å². The summed E-state index contributed by atoms with van der Waals surface area (Å²) in [6.45, 7) is 0. The molecular weight excluding hydrogens is 562 g/mol. The molecule has 0 aliphatic rings. The van der Waals surface area contributed by atoms with Crippen LogP contribution in [-0.2, 0) is 4.79 Å². The van der Waals surface area contributed by atoms with Gasteiger partial charge in [0.25, 0.3) is 0 Å². The molecule has 7 heteroatoms. The van der Waals surface area contributed by atoms with Crippen LogP contribution in [0.4, 0.5) is 0 Å². The van der Waals surface area contributed by atoms with Gasteiger partial charge in [-0.15, -0.1) is 0 Å². The summed E-state index contributed by atoms with van der Waals surface area (Å²) in [5.74, 6) is -0.728. The van der Waals surface area contributed by atoms with Gasteiger partial charge in [-0.25, -0.2) is 0 Å². The second-order valence-electron chi connectivity index (χ2n) is 8.25. The molecule has 0 bridgehead atoms. The first-order valence-corrected chi connectivity index (χ1v) is 16.5. The Morgan fingerprint density at radius 1 is 0.636 bits per heavy atom. The molecule has 3 aromatic rings. The molecule has 0 atom stereocenters. The molecule has 0 aromatic heterocycles. The van der Waals surface area contributed by atoms with E-state index in [1.54, 1.807) is 0 Å². The maximum absolute atomic E-state index is 10.8. The predicted octanol–water partition coefficient (Wildman–Crippen LogP) is 8.21. The number of rotatable bonds is 11. The number of hydrogen-bond acceptors (Lipinski definition) is 1. The quantitative estimate of drug-likeness (QED) is 0.181. The van der Waals surface area contributed by atoms with Crippen molar-refractivity contribution in [1.29, 1.82) is 0 Å². The minimum absolute atomic E-state index is 0.234. The third-order valence-corrected chi connectivity index (χ3v) is 16.8. The Hall–Kier alpha value is -1.09. The number of carboxylic acid groups (broad SMARTS) is 1. The van der Waals surface area contributed by atoms with Gasteiger partial charge in [-0.05, 0) is 0 Å². The third-order valence-electron chi connectivity index (χ3n) is 6.06. The van der Waals surface area contributed by atoms with Crippen LogP contribution < -0.4 is 15.9 Å². The first kappa shape index (κ1) is 26.5. The standard InChI is InChI=1S/C26H27BrCl3O2P/c27-33(23-13-7-20(28)8-14-23,24-15-9-21(29)10-16-24,25-17-11-22(30)12-18-25)19-5-3-1-2-4-6-26(31)32/h7-18H,1-6,19H2,(H,31,32). The van der Waals surface area contributed by atoms with Crippen LogP contribution >= 0.6 is 55.6 Å². The van der Waals surface area contributed by atoms with E-state index in [0.29, 0.717) is 15.1 Å². The number of carbonyl (C=O) groups is 1. The van der Waals surface area contributed by atoms with E-state index in [0.717, 1.165) is 38.3 Å². The number of halogens is 4. The van der Waals surface area contributed by atoms with Crippen molar-refractivity contribution in [2.75, 3.05) is 6.16 Å². The third kappa shape index (κ3) is 6.13. The van der Waals surface area contributed by atoms with Crippen LogP contribution in [-0.4, -0.2) is 17.2 Å². The van der Waals surface area contributed by atoms with Crippen LogP contribution in [0.1, 0.15) is 38.5 Å². The molecule has 176 valence electrons. The molecule has 1 N–H and O–H groups in total. The SMILES string of the molecule is O=C(O)CCCCCCCP(Br)(c1ccc(Cl)cc1)(c1ccc(Cl)cc1)c1ccc(Cl)cc1. The van der Waals surface area contributed by atoms with Crippen LogP contribution in [0.5, 0.6) is 0 Å². The molecule has 2 nitrogen and oxygen atoms in total. The van der Waals surface area contributed by atoms with Crippen molar-refractivity contribution in [2.24, 2.45) is 0 Å². The van der Waals surface area contributed by atoms with Gasteiger partial charge in [0.2, 0.25) is 0 Å². The van der Waals surface area contributed by atoms with E-state index >= 15 is 0 Å². The Balaban J connectivity index is 2.04. The average Bonchev–Trinajstić information content (AvgIpc) is 2.79. The van der Waals surface area contributed by atoms with Crippen molar-refractivity contribution < 1.29 is 9.90 Å². The van der Waals surface area contributed by atoms with Crippen LogP contribution in [0.15, 0.2) is 72.8 Å². The van der Waals surface area contributed by atoms with E-state index in [2.05, 4.69) is 51.9 Å². The van der Waals surface area contributed by atoms with Crippen molar-refractivity contribution in [1.82, 2.24) is 0 Å². The number of unbranched alkanes of at least 4 members (excludes halogenated alkanes) is 4. The summed E-state index contributed by atoms with van der Waals surface area (Å²) in [5, 5.41) is 11.5. The van der Waals surface area contributed by atoms with Crippen LogP contribution in [0.25, 0.3) is 0 Å². The first-order chi connectivity index (χ1) is 15.7. The fourth-order valence-corrected chi connectivity index (χ4v) is 12.4. The van der Waals surface area contributed by atoms with E-state index in [-0.39, 0.29) is 6.42 Å². The summed E-state index contributed by atoms with van der Waals surface area (Å²) < 4.78 is 0. The Labute approximate surface area is 218 Å². The van der Waals surface area contributed by atoms with Crippen molar-refractivity contribution in [3.05, 3.63) is 87.9 Å². The maximum atomic E-state index is 10.8. The molecule has 3 rings (SSSR count). The van der Waals surface area contributed by atoms with Gasteiger partial charge in [0.05, 0.1) is 0 Å². The Morgan fingerprint density at radius 2 is 0.970 bits per heavy atom. The predicted molar refractivity (Wildman–Crippen MR) is 149 cm³/mol. The van der Waals surface area contributed by atoms with Crippen LogP contribution in [0.3, 0.4) is 0 Å². The topological polar surface area (TPSA) is 37.3 Å². The molecule has 0 heterocycles. The summed E-state index contributed by atoms with van der Waals surface area (Å²) >= 11 is 23.2. The van der Waals surface area contributed by atoms with E-state index < -0.39 is 11.3 Å². The van der Waals surface area contributed by atoms with Gasteiger partial charge in [-0.1, -0.05) is 0 Å². The Kier molecular flexibility index (Phi) is 9.29. The number of aliphatic carboxylic acids is 1. The fourth-order valence-electron chi connectivity index (χ4n) is 4.31. The number of hydrogen-bond donors (Lipinski definition) is 1. The van der Waals surface area contributed by atoms with Gasteiger partial charge >= 0.3 is 220 Å². The second-order valence-corrected chi connectivity index (χ2v) is 18.6. The van der Waals surface area contributed by atoms with Gasteiger partial charge in [0.1, 0.15) is 0 Å². The summed E-state index contributed by atoms with van der Waals surface area (Å²) in [5.41, 5.74) is 0. The van der Waals surface area contributed by atoms with Gasteiger partial charge in [-0.2, -0.15) is 0 Å². The van der Waals surface area contributed by atoms with Crippen LogP contribution in [0, 0.1) is 0 Å². The molecule has 33 heavy (non-hydrogen) atoms. The Morgan fingerprint density at radius 3 is 1.33 bits per heavy atom. The van der Waals surface area contributed by atoms with Gasteiger partial charge in [-0.3, -0.25) is 0 Å². The molecular formula is C26H27BrCl3O2P. The minimum atomic E-state index is -3.05.